The molecule has 1 amide bonds. The van der Waals surface area contributed by atoms with Gasteiger partial charge in [-0.05, 0) is 92.6 Å². The summed E-state index contributed by atoms with van der Waals surface area (Å²) in [4.78, 5) is 26.4. The summed E-state index contributed by atoms with van der Waals surface area (Å²) in [5.74, 6) is 1.61. The van der Waals surface area contributed by atoms with Crippen LogP contribution in [0.3, 0.4) is 0 Å². The third kappa shape index (κ3) is 2.37. The van der Waals surface area contributed by atoms with Crippen molar-refractivity contribution in [2.75, 3.05) is 13.2 Å². The molecule has 2 aliphatic heterocycles. The monoisotopic (exact) mass is 425 g/mol. The van der Waals surface area contributed by atoms with Gasteiger partial charge in [0.15, 0.2) is 0 Å². The van der Waals surface area contributed by atoms with Crippen LogP contribution in [-0.4, -0.2) is 40.6 Å². The Labute approximate surface area is 180 Å². The first-order chi connectivity index (χ1) is 14.9. The largest absolute Gasteiger partial charge is 0.493 e. The molecular weight excluding hydrogens is 397 g/mol. The normalized spacial score (nSPS) is 41.1. The number of hydrogen-bond acceptors (Lipinski definition) is 3. The molecule has 6 bridgehead atoms. The van der Waals surface area contributed by atoms with Crippen molar-refractivity contribution in [2.24, 2.45) is 29.1 Å². The van der Waals surface area contributed by atoms with Crippen molar-refractivity contribution >= 4 is 11.9 Å². The van der Waals surface area contributed by atoms with Crippen molar-refractivity contribution in [1.82, 2.24) is 4.90 Å². The Morgan fingerprint density at radius 2 is 1.84 bits per heavy atom. The zero-order valence-electron chi connectivity index (χ0n) is 17.6. The lowest BCUT2D eigenvalue weighted by atomic mass is 9.73. The summed E-state index contributed by atoms with van der Waals surface area (Å²) in [7, 11) is 0. The minimum atomic E-state index is -1.13. The molecule has 2 atom stereocenters. The second-order valence-corrected chi connectivity index (χ2v) is 11.4. The van der Waals surface area contributed by atoms with E-state index in [-0.39, 0.29) is 16.9 Å². The number of rotatable bonds is 6. The first kappa shape index (κ1) is 18.5. The van der Waals surface area contributed by atoms with Crippen molar-refractivity contribution in [1.29, 1.82) is 0 Å². The van der Waals surface area contributed by atoms with E-state index in [0.717, 1.165) is 36.2 Å². The Morgan fingerprint density at radius 3 is 2.42 bits per heavy atom. The predicted molar refractivity (Wildman–Crippen MR) is 109 cm³/mol. The number of carboxylic acids is 1. The minimum Gasteiger partial charge on any atom is -0.493 e. The summed E-state index contributed by atoms with van der Waals surface area (Å²) in [5, 5.41) is 9.68. The Hall–Kier alpha value is -2.11. The van der Waals surface area contributed by atoms with Crippen LogP contribution in [0.4, 0.5) is 4.39 Å². The smallest absolute Gasteiger partial charge is 0.329 e. The number of fused-ring (bicyclic) bond motifs is 1. The number of carbonyl (C=O) groups excluding carboxylic acids is 1. The molecule has 1 aromatic carbocycles. The van der Waals surface area contributed by atoms with Crippen LogP contribution in [0.5, 0.6) is 5.75 Å². The molecule has 8 aliphatic rings. The van der Waals surface area contributed by atoms with E-state index in [9.17, 15) is 14.7 Å². The van der Waals surface area contributed by atoms with Gasteiger partial charge in [-0.3, -0.25) is 4.79 Å². The summed E-state index contributed by atoms with van der Waals surface area (Å²) < 4.78 is 21.5. The molecule has 164 valence electrons. The van der Waals surface area contributed by atoms with Crippen LogP contribution in [-0.2, 0) is 4.79 Å². The van der Waals surface area contributed by atoms with Gasteiger partial charge in [0.1, 0.15) is 17.1 Å². The standard InChI is InChI=1S/C25H28FNO4/c26-20-6-21(31-12-24-9-15-3-17(24)4-16(15)10-24)18(14-1-2-14)5-19(20)22(28)27-11-13-7-25(27,8-13)23(29)30/h5-6,13-17H,1-4,7-12H2,(H,29,30). The van der Waals surface area contributed by atoms with Crippen LogP contribution in [0.2, 0.25) is 0 Å². The van der Waals surface area contributed by atoms with E-state index < -0.39 is 23.2 Å². The molecule has 0 spiro atoms. The second kappa shape index (κ2) is 5.81. The maximum Gasteiger partial charge on any atom is 0.329 e. The molecule has 6 aliphatic carbocycles. The van der Waals surface area contributed by atoms with Gasteiger partial charge in [-0.15, -0.1) is 0 Å². The van der Waals surface area contributed by atoms with Gasteiger partial charge < -0.3 is 14.7 Å². The molecule has 6 saturated carbocycles. The van der Waals surface area contributed by atoms with Gasteiger partial charge >= 0.3 is 5.97 Å². The fourth-order valence-electron chi connectivity index (χ4n) is 8.09. The predicted octanol–water partition coefficient (Wildman–Crippen LogP) is 4.21. The SMILES string of the molecule is O=C(c1cc(C2CC2)c(OCC23CC4CC2CC4C3)cc1F)N1CC2CC1(C(=O)O)C2. The lowest BCUT2D eigenvalue weighted by Crippen LogP contribution is -2.54. The van der Waals surface area contributed by atoms with Crippen LogP contribution < -0.4 is 4.74 Å². The first-order valence-electron chi connectivity index (χ1n) is 11.9. The number of carbonyl (C=O) groups is 2. The molecule has 0 radical (unpaired) electrons. The quantitative estimate of drug-likeness (QED) is 0.742. The molecule has 5 nitrogen and oxygen atoms in total. The maximum atomic E-state index is 15.2. The number of halogens is 1. The Morgan fingerprint density at radius 1 is 1.13 bits per heavy atom. The fourth-order valence-corrected chi connectivity index (χ4v) is 8.09. The molecule has 1 aromatic rings. The van der Waals surface area contributed by atoms with Crippen LogP contribution in [0.15, 0.2) is 12.1 Å². The molecule has 2 saturated heterocycles. The zero-order chi connectivity index (χ0) is 21.1. The number of nitrogens with zero attached hydrogens (tertiary/aromatic N) is 1. The van der Waals surface area contributed by atoms with E-state index in [0.29, 0.717) is 37.7 Å². The average molecular weight is 426 g/mol. The van der Waals surface area contributed by atoms with E-state index in [1.165, 1.54) is 36.6 Å². The lowest BCUT2D eigenvalue weighted by Gasteiger charge is -2.37. The molecule has 6 heteroatoms. The highest BCUT2D eigenvalue weighted by molar-refractivity contribution is 5.99. The van der Waals surface area contributed by atoms with Gasteiger partial charge in [0.2, 0.25) is 0 Å². The molecule has 1 N–H and O–H groups in total. The van der Waals surface area contributed by atoms with Gasteiger partial charge in [-0.25, -0.2) is 9.18 Å². The van der Waals surface area contributed by atoms with Crippen molar-refractivity contribution in [3.8, 4) is 5.75 Å². The number of amides is 1. The second-order valence-electron chi connectivity index (χ2n) is 11.4. The Bertz CT molecular complexity index is 997. The molecule has 31 heavy (non-hydrogen) atoms. The van der Waals surface area contributed by atoms with E-state index in [4.69, 9.17) is 4.74 Å². The summed E-state index contributed by atoms with van der Waals surface area (Å²) >= 11 is 0. The van der Waals surface area contributed by atoms with Crippen LogP contribution in [0.25, 0.3) is 0 Å². The molecule has 8 fully saturated rings. The maximum absolute atomic E-state index is 15.2. The summed E-state index contributed by atoms with van der Waals surface area (Å²) in [5.41, 5.74) is 0.0809. The van der Waals surface area contributed by atoms with Crippen LogP contribution >= 0.6 is 0 Å². The van der Waals surface area contributed by atoms with E-state index in [1.807, 2.05) is 0 Å². The first-order valence-corrected chi connectivity index (χ1v) is 11.9. The highest BCUT2D eigenvalue weighted by atomic mass is 19.1. The van der Waals surface area contributed by atoms with E-state index in [2.05, 4.69) is 0 Å². The lowest BCUT2D eigenvalue weighted by molar-refractivity contribution is -0.151. The average Bonchev–Trinajstić information content (AvgIpc) is 3.11. The highest BCUT2D eigenvalue weighted by Crippen LogP contribution is 2.70. The Kier molecular flexibility index (Phi) is 3.46. The molecule has 0 aromatic heterocycles. The van der Waals surface area contributed by atoms with Crippen LogP contribution in [0, 0.1) is 34.9 Å². The number of benzene rings is 1. The van der Waals surface area contributed by atoms with Gasteiger partial charge in [-0.1, -0.05) is 0 Å². The summed E-state index contributed by atoms with van der Waals surface area (Å²) in [6.07, 6.45) is 8.22. The zero-order valence-corrected chi connectivity index (χ0v) is 17.6. The van der Waals surface area contributed by atoms with Crippen molar-refractivity contribution in [2.45, 2.75) is 62.8 Å². The number of ether oxygens (including phenoxy) is 1. The van der Waals surface area contributed by atoms with Crippen LogP contribution in [0.1, 0.15) is 73.2 Å². The summed E-state index contributed by atoms with van der Waals surface area (Å²) in [6, 6.07) is 3.07. The van der Waals surface area contributed by atoms with E-state index in [1.54, 1.807) is 6.07 Å². The van der Waals surface area contributed by atoms with Crippen molar-refractivity contribution in [3.63, 3.8) is 0 Å². The van der Waals surface area contributed by atoms with Gasteiger partial charge in [-0.2, -0.15) is 0 Å². The fraction of sp³-hybridized carbons (Fsp3) is 0.680. The molecule has 2 unspecified atom stereocenters. The topological polar surface area (TPSA) is 66.8 Å². The minimum absolute atomic E-state index is 0.00430. The van der Waals surface area contributed by atoms with Gasteiger partial charge in [0, 0.05) is 18.0 Å². The third-order valence-electron chi connectivity index (χ3n) is 9.76. The number of aliphatic carboxylic acids is 1. The highest BCUT2D eigenvalue weighted by Gasteiger charge is 2.64. The van der Waals surface area contributed by atoms with E-state index >= 15 is 4.39 Å². The molecular formula is C25H28FNO4. The van der Waals surface area contributed by atoms with Gasteiger partial charge in [0.05, 0.1) is 12.2 Å². The third-order valence-corrected chi connectivity index (χ3v) is 9.76. The molecule has 2 heterocycles. The van der Waals surface area contributed by atoms with Crippen molar-refractivity contribution in [3.05, 3.63) is 29.1 Å². The summed E-state index contributed by atoms with van der Waals surface area (Å²) in [6.45, 7) is 1.07. The number of hydrogen-bond donors (Lipinski definition) is 1. The number of carboxylic acid groups (broad SMARTS) is 1. The van der Waals surface area contributed by atoms with Gasteiger partial charge in [0.25, 0.3) is 5.91 Å². The van der Waals surface area contributed by atoms with Crippen molar-refractivity contribution < 1.29 is 23.8 Å². The molecule has 9 rings (SSSR count). The Balaban J connectivity index is 1.17.